The number of hydrogen-bond acceptors (Lipinski definition) is 2. The predicted molar refractivity (Wildman–Crippen MR) is 105 cm³/mol. The lowest BCUT2D eigenvalue weighted by molar-refractivity contribution is 0.481. The van der Waals surface area contributed by atoms with Gasteiger partial charge in [0.1, 0.15) is 16.5 Å². The summed E-state index contributed by atoms with van der Waals surface area (Å²) in [5.41, 5.74) is 5.59. The highest BCUT2D eigenvalue weighted by Gasteiger charge is 2.21. The molecule has 3 heterocycles. The van der Waals surface area contributed by atoms with E-state index in [-0.39, 0.29) is 5.75 Å². The molecule has 0 fully saturated rings. The molecule has 0 bridgehead atoms. The van der Waals surface area contributed by atoms with E-state index in [0.717, 1.165) is 33.2 Å². The zero-order valence-electron chi connectivity index (χ0n) is 14.0. The van der Waals surface area contributed by atoms with Crippen LogP contribution in [0.15, 0.2) is 65.5 Å². The van der Waals surface area contributed by atoms with Crippen LogP contribution in [0.1, 0.15) is 0 Å². The molecule has 0 spiro atoms. The van der Waals surface area contributed by atoms with E-state index in [0.29, 0.717) is 16.1 Å². The molecule has 5 heteroatoms. The average Bonchev–Trinajstić information content (AvgIpc) is 3.36. The number of phenols is 1. The Balaban J connectivity index is 1.83. The van der Waals surface area contributed by atoms with E-state index < -0.39 is 0 Å². The number of nitrogens with zero attached hydrogens (tertiary/aromatic N) is 1. The van der Waals surface area contributed by atoms with Crippen molar-refractivity contribution in [3.05, 3.63) is 66.3 Å². The molecule has 0 saturated carbocycles. The van der Waals surface area contributed by atoms with Crippen molar-refractivity contribution in [3.63, 3.8) is 0 Å². The van der Waals surface area contributed by atoms with Crippen molar-refractivity contribution < 1.29 is 9.52 Å². The van der Waals surface area contributed by atoms with Crippen LogP contribution >= 0.6 is 11.6 Å². The van der Waals surface area contributed by atoms with Crippen LogP contribution in [0.2, 0.25) is 5.15 Å². The van der Waals surface area contributed by atoms with E-state index in [1.54, 1.807) is 18.4 Å². The third-order valence-electron chi connectivity index (χ3n) is 4.93. The maximum absolute atomic E-state index is 10.1. The minimum absolute atomic E-state index is 0.206. The maximum atomic E-state index is 10.1. The normalized spacial score (nSPS) is 11.6. The third-order valence-corrected chi connectivity index (χ3v) is 5.38. The Bertz CT molecular complexity index is 1280. The first kappa shape index (κ1) is 15.2. The van der Waals surface area contributed by atoms with Gasteiger partial charge in [-0.15, -0.1) is 0 Å². The molecule has 0 aliphatic heterocycles. The molecule has 0 aliphatic rings. The molecule has 0 unspecified atom stereocenters. The monoisotopic (exact) mass is 362 g/mol. The molecule has 2 N–H and O–H groups in total. The molecular weight excluding hydrogens is 348 g/mol. The molecule has 4 nitrogen and oxygen atoms in total. The molecule has 2 aromatic carbocycles. The fourth-order valence-corrected chi connectivity index (χ4v) is 3.97. The summed E-state index contributed by atoms with van der Waals surface area (Å²) in [7, 11) is 1.96. The molecule has 0 radical (unpaired) electrons. The lowest BCUT2D eigenvalue weighted by Gasteiger charge is -2.06. The highest BCUT2D eigenvalue weighted by atomic mass is 35.5. The predicted octanol–water partition coefficient (Wildman–Crippen LogP) is 5.95. The summed E-state index contributed by atoms with van der Waals surface area (Å²) in [6.45, 7) is 0. The zero-order valence-corrected chi connectivity index (χ0v) is 14.7. The van der Waals surface area contributed by atoms with Gasteiger partial charge in [-0.3, -0.25) is 0 Å². The standard InChI is InChI=1S/C21H15ClN2O2/c1-24-17-5-3-2-4-13(17)19(21(24)22)16-11-23-10-15(16)12-6-7-18(25)14-8-9-26-20(12)14/h2-11,23,25H,1H3. The van der Waals surface area contributed by atoms with Crippen LogP contribution in [0.3, 0.4) is 0 Å². The number of fused-ring (bicyclic) bond motifs is 2. The summed E-state index contributed by atoms with van der Waals surface area (Å²) in [6, 6.07) is 13.5. The highest BCUT2D eigenvalue weighted by Crippen LogP contribution is 2.44. The summed E-state index contributed by atoms with van der Waals surface area (Å²) in [5.74, 6) is 0.206. The van der Waals surface area contributed by atoms with Gasteiger partial charge in [0.05, 0.1) is 11.6 Å². The second-order valence-corrected chi connectivity index (χ2v) is 6.68. The van der Waals surface area contributed by atoms with Crippen LogP contribution in [0.5, 0.6) is 5.75 Å². The van der Waals surface area contributed by atoms with Gasteiger partial charge in [0, 0.05) is 52.6 Å². The van der Waals surface area contributed by atoms with Gasteiger partial charge in [-0.05, 0) is 24.3 Å². The minimum Gasteiger partial charge on any atom is -0.507 e. The van der Waals surface area contributed by atoms with E-state index >= 15 is 0 Å². The van der Waals surface area contributed by atoms with Crippen molar-refractivity contribution in [2.24, 2.45) is 7.05 Å². The number of aryl methyl sites for hydroxylation is 1. The van der Waals surface area contributed by atoms with Gasteiger partial charge in [-0.1, -0.05) is 29.8 Å². The van der Waals surface area contributed by atoms with Gasteiger partial charge in [0.2, 0.25) is 0 Å². The van der Waals surface area contributed by atoms with Crippen molar-refractivity contribution in [2.75, 3.05) is 0 Å². The second kappa shape index (κ2) is 5.44. The molecule has 5 aromatic rings. The van der Waals surface area contributed by atoms with Crippen LogP contribution in [-0.4, -0.2) is 14.7 Å². The maximum Gasteiger partial charge on any atom is 0.145 e. The van der Waals surface area contributed by atoms with Gasteiger partial charge in [0.15, 0.2) is 0 Å². The van der Waals surface area contributed by atoms with Crippen LogP contribution in [0, 0.1) is 0 Å². The topological polar surface area (TPSA) is 54.1 Å². The second-order valence-electron chi connectivity index (χ2n) is 6.32. The Morgan fingerprint density at radius 3 is 2.65 bits per heavy atom. The van der Waals surface area contributed by atoms with E-state index in [9.17, 15) is 5.11 Å². The first-order valence-corrected chi connectivity index (χ1v) is 8.64. The fourth-order valence-electron chi connectivity index (χ4n) is 3.67. The van der Waals surface area contributed by atoms with Gasteiger partial charge in [-0.25, -0.2) is 0 Å². The Morgan fingerprint density at radius 2 is 1.77 bits per heavy atom. The smallest absolute Gasteiger partial charge is 0.145 e. The number of benzene rings is 2. The molecular formula is C21H15ClN2O2. The number of rotatable bonds is 2. The lowest BCUT2D eigenvalue weighted by Crippen LogP contribution is -1.86. The number of aromatic hydroxyl groups is 1. The summed E-state index contributed by atoms with van der Waals surface area (Å²) in [5, 5.41) is 12.5. The van der Waals surface area contributed by atoms with Crippen LogP contribution in [0.4, 0.5) is 0 Å². The zero-order chi connectivity index (χ0) is 17.8. The van der Waals surface area contributed by atoms with Gasteiger partial charge in [0.25, 0.3) is 0 Å². The molecule has 0 aliphatic carbocycles. The number of halogens is 1. The van der Waals surface area contributed by atoms with Crippen molar-refractivity contribution in [2.45, 2.75) is 0 Å². The quantitative estimate of drug-likeness (QED) is 0.408. The Labute approximate surface area is 154 Å². The number of nitrogens with one attached hydrogen (secondary N) is 1. The number of furan rings is 1. The number of phenolic OH excluding ortho intramolecular Hbond substituents is 1. The minimum atomic E-state index is 0.206. The van der Waals surface area contributed by atoms with Crippen LogP contribution < -0.4 is 0 Å². The lowest BCUT2D eigenvalue weighted by atomic mass is 9.97. The third kappa shape index (κ3) is 1.96. The van der Waals surface area contributed by atoms with Crippen molar-refractivity contribution in [1.29, 1.82) is 0 Å². The molecule has 0 atom stereocenters. The molecule has 128 valence electrons. The number of aromatic amines is 1. The molecule has 26 heavy (non-hydrogen) atoms. The SMILES string of the molecule is Cn1c(Cl)c(-c2c[nH]cc2-c2ccc(O)c3ccoc23)c2ccccc21. The number of para-hydroxylation sites is 1. The number of hydrogen-bond donors (Lipinski definition) is 2. The highest BCUT2D eigenvalue weighted by molar-refractivity contribution is 6.35. The van der Waals surface area contributed by atoms with Crippen molar-refractivity contribution >= 4 is 33.5 Å². The summed E-state index contributed by atoms with van der Waals surface area (Å²) in [6.07, 6.45) is 5.47. The van der Waals surface area contributed by atoms with E-state index in [1.165, 1.54) is 0 Å². The molecule has 0 amide bonds. The first-order chi connectivity index (χ1) is 12.7. The van der Waals surface area contributed by atoms with Crippen molar-refractivity contribution in [1.82, 2.24) is 9.55 Å². The Morgan fingerprint density at radius 1 is 0.962 bits per heavy atom. The number of H-pyrrole nitrogens is 1. The summed E-state index contributed by atoms with van der Waals surface area (Å²) >= 11 is 6.70. The molecule has 3 aromatic heterocycles. The summed E-state index contributed by atoms with van der Waals surface area (Å²) < 4.78 is 7.64. The van der Waals surface area contributed by atoms with Crippen molar-refractivity contribution in [3.8, 4) is 28.0 Å². The van der Waals surface area contributed by atoms with Crippen LogP contribution in [-0.2, 0) is 7.05 Å². The average molecular weight is 363 g/mol. The Hall–Kier alpha value is -3.11. The van der Waals surface area contributed by atoms with Gasteiger partial charge < -0.3 is 19.1 Å². The number of aromatic nitrogens is 2. The van der Waals surface area contributed by atoms with E-state index in [4.69, 9.17) is 16.0 Å². The molecule has 5 rings (SSSR count). The summed E-state index contributed by atoms with van der Waals surface area (Å²) in [4.78, 5) is 3.20. The largest absolute Gasteiger partial charge is 0.507 e. The fraction of sp³-hybridized carbons (Fsp3) is 0.0476. The van der Waals surface area contributed by atoms with Crippen LogP contribution in [0.25, 0.3) is 44.1 Å². The van der Waals surface area contributed by atoms with E-state index in [1.807, 2.05) is 42.2 Å². The Kier molecular flexibility index (Phi) is 3.18. The van der Waals surface area contributed by atoms with Gasteiger partial charge >= 0.3 is 0 Å². The first-order valence-electron chi connectivity index (χ1n) is 8.26. The van der Waals surface area contributed by atoms with E-state index in [2.05, 4.69) is 17.1 Å². The van der Waals surface area contributed by atoms with Gasteiger partial charge in [-0.2, -0.15) is 0 Å². The molecule has 0 saturated heterocycles.